The van der Waals surface area contributed by atoms with Crippen molar-refractivity contribution in [2.75, 3.05) is 6.61 Å². The van der Waals surface area contributed by atoms with Gasteiger partial charge in [0.2, 0.25) is 0 Å². The molecule has 0 aliphatic heterocycles. The van der Waals surface area contributed by atoms with Crippen molar-refractivity contribution in [3.05, 3.63) is 33.9 Å². The molecule has 0 saturated heterocycles. The summed E-state index contributed by atoms with van der Waals surface area (Å²) in [5, 5.41) is 14.1. The first-order valence-corrected chi connectivity index (χ1v) is 8.24. The third-order valence-corrected chi connectivity index (χ3v) is 5.01. The standard InChI is InChI=1S/C16H18Cl2N2O2/c17-10-5-6-13-11(7-10)14(18)15(19-13)16(22)20-12-4-2-1-3-9(12)8-21/h5-7,9,12,19,21H,1-4,8H2,(H,20,22). The molecule has 6 heteroatoms. The zero-order valence-corrected chi connectivity index (χ0v) is 13.5. The second-order valence-corrected chi connectivity index (χ2v) is 6.63. The lowest BCUT2D eigenvalue weighted by atomic mass is 9.85. The summed E-state index contributed by atoms with van der Waals surface area (Å²) in [5.74, 6) is -0.113. The molecule has 3 rings (SSSR count). The van der Waals surface area contributed by atoms with Crippen molar-refractivity contribution in [1.82, 2.24) is 10.3 Å². The van der Waals surface area contributed by atoms with Crippen molar-refractivity contribution in [2.24, 2.45) is 5.92 Å². The Morgan fingerprint density at radius 3 is 2.86 bits per heavy atom. The zero-order chi connectivity index (χ0) is 15.7. The van der Waals surface area contributed by atoms with Gasteiger partial charge in [-0.2, -0.15) is 0 Å². The molecule has 22 heavy (non-hydrogen) atoms. The summed E-state index contributed by atoms with van der Waals surface area (Å²) >= 11 is 12.3. The number of benzene rings is 1. The number of nitrogens with one attached hydrogen (secondary N) is 2. The average Bonchev–Trinajstić information content (AvgIpc) is 2.85. The highest BCUT2D eigenvalue weighted by molar-refractivity contribution is 6.39. The highest BCUT2D eigenvalue weighted by atomic mass is 35.5. The summed E-state index contributed by atoms with van der Waals surface area (Å²) in [6, 6.07) is 5.29. The zero-order valence-electron chi connectivity index (χ0n) is 12.0. The minimum atomic E-state index is -0.234. The van der Waals surface area contributed by atoms with Crippen molar-refractivity contribution >= 4 is 40.0 Å². The quantitative estimate of drug-likeness (QED) is 0.796. The number of H-pyrrole nitrogens is 1. The molecule has 2 aromatic rings. The van der Waals surface area contributed by atoms with Gasteiger partial charge in [0.25, 0.3) is 5.91 Å². The normalized spacial score (nSPS) is 22.0. The second kappa shape index (κ2) is 6.49. The number of hydrogen-bond acceptors (Lipinski definition) is 2. The molecular weight excluding hydrogens is 323 g/mol. The number of aliphatic hydroxyl groups excluding tert-OH is 1. The molecule has 1 aromatic carbocycles. The van der Waals surface area contributed by atoms with Crippen LogP contribution in [0.15, 0.2) is 18.2 Å². The van der Waals surface area contributed by atoms with E-state index < -0.39 is 0 Å². The number of aromatic nitrogens is 1. The van der Waals surface area contributed by atoms with E-state index in [-0.39, 0.29) is 24.5 Å². The Labute approximate surface area is 138 Å². The topological polar surface area (TPSA) is 65.1 Å². The summed E-state index contributed by atoms with van der Waals surface area (Å²) in [5.41, 5.74) is 1.13. The molecule has 0 bridgehead atoms. The van der Waals surface area contributed by atoms with Gasteiger partial charge in [-0.15, -0.1) is 0 Å². The smallest absolute Gasteiger partial charge is 0.269 e. The third kappa shape index (κ3) is 2.96. The first-order valence-electron chi connectivity index (χ1n) is 7.48. The van der Waals surface area contributed by atoms with Gasteiger partial charge < -0.3 is 15.4 Å². The van der Waals surface area contributed by atoms with Gasteiger partial charge in [0.05, 0.1) is 5.02 Å². The van der Waals surface area contributed by atoms with Gasteiger partial charge in [-0.3, -0.25) is 4.79 Å². The number of carbonyl (C=O) groups is 1. The van der Waals surface area contributed by atoms with Gasteiger partial charge in [0, 0.05) is 34.5 Å². The lowest BCUT2D eigenvalue weighted by Gasteiger charge is -2.30. The van der Waals surface area contributed by atoms with E-state index in [9.17, 15) is 9.90 Å². The Morgan fingerprint density at radius 2 is 2.09 bits per heavy atom. The number of hydrogen-bond donors (Lipinski definition) is 3. The Morgan fingerprint density at radius 1 is 1.32 bits per heavy atom. The van der Waals surface area contributed by atoms with Crippen LogP contribution in [0.5, 0.6) is 0 Å². The fourth-order valence-corrected chi connectivity index (χ4v) is 3.61. The van der Waals surface area contributed by atoms with Crippen LogP contribution in [0.2, 0.25) is 10.0 Å². The van der Waals surface area contributed by atoms with Gasteiger partial charge in [0.15, 0.2) is 0 Å². The second-order valence-electron chi connectivity index (χ2n) is 5.81. The summed E-state index contributed by atoms with van der Waals surface area (Å²) < 4.78 is 0. The van der Waals surface area contributed by atoms with Crippen LogP contribution in [0.3, 0.4) is 0 Å². The van der Waals surface area contributed by atoms with Crippen LogP contribution in [0.25, 0.3) is 10.9 Å². The van der Waals surface area contributed by atoms with Crippen molar-refractivity contribution in [1.29, 1.82) is 0 Å². The molecule has 0 spiro atoms. The highest BCUT2D eigenvalue weighted by Crippen LogP contribution is 2.30. The molecule has 1 heterocycles. The Kier molecular flexibility index (Phi) is 4.62. The number of rotatable bonds is 3. The number of fused-ring (bicyclic) bond motifs is 1. The number of carbonyl (C=O) groups excluding carboxylic acids is 1. The van der Waals surface area contributed by atoms with Crippen LogP contribution >= 0.6 is 23.2 Å². The Balaban J connectivity index is 1.84. The van der Waals surface area contributed by atoms with E-state index in [4.69, 9.17) is 23.2 Å². The molecular formula is C16H18Cl2N2O2. The Bertz CT molecular complexity index is 699. The molecule has 118 valence electrons. The molecule has 2 atom stereocenters. The fraction of sp³-hybridized carbons (Fsp3) is 0.438. The van der Waals surface area contributed by atoms with Gasteiger partial charge >= 0.3 is 0 Å². The van der Waals surface area contributed by atoms with E-state index in [0.717, 1.165) is 36.6 Å². The summed E-state index contributed by atoms with van der Waals surface area (Å²) in [6.07, 6.45) is 4.00. The number of halogens is 2. The molecule has 1 saturated carbocycles. The van der Waals surface area contributed by atoms with Gasteiger partial charge in [-0.1, -0.05) is 36.0 Å². The molecule has 1 aliphatic carbocycles. The minimum absolute atomic E-state index is 0.00248. The fourth-order valence-electron chi connectivity index (χ4n) is 3.14. The van der Waals surface area contributed by atoms with E-state index in [1.165, 1.54) is 0 Å². The van der Waals surface area contributed by atoms with Crippen molar-refractivity contribution in [3.63, 3.8) is 0 Å². The maximum Gasteiger partial charge on any atom is 0.269 e. The van der Waals surface area contributed by atoms with Crippen molar-refractivity contribution in [2.45, 2.75) is 31.7 Å². The first kappa shape index (κ1) is 15.7. The molecule has 1 aromatic heterocycles. The third-order valence-electron chi connectivity index (χ3n) is 4.38. The highest BCUT2D eigenvalue weighted by Gasteiger charge is 2.27. The lowest BCUT2D eigenvalue weighted by molar-refractivity contribution is 0.0868. The van der Waals surface area contributed by atoms with Crippen molar-refractivity contribution in [3.8, 4) is 0 Å². The van der Waals surface area contributed by atoms with E-state index in [1.807, 2.05) is 0 Å². The van der Waals surface area contributed by atoms with Crippen LogP contribution in [-0.2, 0) is 0 Å². The maximum atomic E-state index is 12.5. The van der Waals surface area contributed by atoms with Crippen LogP contribution in [0.4, 0.5) is 0 Å². The largest absolute Gasteiger partial charge is 0.396 e. The summed E-state index contributed by atoms with van der Waals surface area (Å²) in [4.78, 5) is 15.6. The van der Waals surface area contributed by atoms with Crippen LogP contribution in [0.1, 0.15) is 36.2 Å². The molecule has 1 amide bonds. The molecule has 2 unspecified atom stereocenters. The van der Waals surface area contributed by atoms with Gasteiger partial charge in [-0.05, 0) is 31.0 Å². The predicted octanol–water partition coefficient (Wildman–Crippen LogP) is 3.76. The van der Waals surface area contributed by atoms with Crippen molar-refractivity contribution < 1.29 is 9.90 Å². The van der Waals surface area contributed by atoms with E-state index >= 15 is 0 Å². The minimum Gasteiger partial charge on any atom is -0.396 e. The number of aliphatic hydroxyl groups is 1. The van der Waals surface area contributed by atoms with Crippen LogP contribution < -0.4 is 5.32 Å². The molecule has 3 N–H and O–H groups in total. The van der Waals surface area contributed by atoms with E-state index in [0.29, 0.717) is 15.7 Å². The molecule has 4 nitrogen and oxygen atoms in total. The van der Waals surface area contributed by atoms with Gasteiger partial charge in [-0.25, -0.2) is 0 Å². The lowest BCUT2D eigenvalue weighted by Crippen LogP contribution is -2.43. The monoisotopic (exact) mass is 340 g/mol. The summed E-state index contributed by atoms with van der Waals surface area (Å²) in [7, 11) is 0. The predicted molar refractivity (Wildman–Crippen MR) is 88.6 cm³/mol. The summed E-state index contributed by atoms with van der Waals surface area (Å²) in [6.45, 7) is 0.0982. The molecule has 1 fully saturated rings. The molecule has 0 radical (unpaired) electrons. The number of amides is 1. The van der Waals surface area contributed by atoms with Crippen LogP contribution in [-0.4, -0.2) is 28.6 Å². The number of aromatic amines is 1. The molecule has 1 aliphatic rings. The van der Waals surface area contributed by atoms with E-state index in [1.54, 1.807) is 18.2 Å². The average molecular weight is 341 g/mol. The van der Waals surface area contributed by atoms with E-state index in [2.05, 4.69) is 10.3 Å². The SMILES string of the molecule is O=C(NC1CCCCC1CO)c1[nH]c2ccc(Cl)cc2c1Cl. The maximum absolute atomic E-state index is 12.5. The Hall–Kier alpha value is -1.23. The van der Waals surface area contributed by atoms with Crippen LogP contribution in [0, 0.1) is 5.92 Å². The van der Waals surface area contributed by atoms with Gasteiger partial charge in [0.1, 0.15) is 5.69 Å². The first-order chi connectivity index (χ1) is 10.6.